The molecule has 4 heterocycles. The van der Waals surface area contributed by atoms with Crippen molar-refractivity contribution in [2.45, 2.75) is 39.3 Å². The first-order chi connectivity index (χ1) is 16.7. The molecule has 34 heavy (non-hydrogen) atoms. The average molecular weight is 458 g/mol. The van der Waals surface area contributed by atoms with Crippen molar-refractivity contribution in [2.24, 2.45) is 5.92 Å². The molecular weight excluding hydrogens is 426 g/mol. The van der Waals surface area contributed by atoms with Crippen LogP contribution in [0.15, 0.2) is 54.9 Å². The van der Waals surface area contributed by atoms with E-state index < -0.39 is 0 Å². The molecule has 2 aliphatic rings. The van der Waals surface area contributed by atoms with Crippen LogP contribution in [0.4, 0.5) is 5.82 Å². The molecule has 0 amide bonds. The van der Waals surface area contributed by atoms with Gasteiger partial charge in [-0.25, -0.2) is 9.97 Å². The molecule has 2 aliphatic heterocycles. The molecule has 7 heteroatoms. The number of hydrogen-bond donors (Lipinski definition) is 0. The summed E-state index contributed by atoms with van der Waals surface area (Å²) in [6, 6.07) is 14.3. The minimum absolute atomic E-state index is 0.0236. The highest BCUT2D eigenvalue weighted by Gasteiger charge is 2.30. The van der Waals surface area contributed by atoms with Crippen molar-refractivity contribution < 1.29 is 9.53 Å². The number of fused-ring (bicyclic) bond motifs is 1. The molecule has 0 aliphatic carbocycles. The summed E-state index contributed by atoms with van der Waals surface area (Å²) in [6.07, 6.45) is 6.22. The Morgan fingerprint density at radius 1 is 1.06 bits per heavy atom. The van der Waals surface area contributed by atoms with Gasteiger partial charge in [-0.2, -0.15) is 0 Å². The molecule has 3 aromatic rings. The quantitative estimate of drug-likeness (QED) is 0.520. The van der Waals surface area contributed by atoms with Gasteiger partial charge in [0.1, 0.15) is 5.82 Å². The fraction of sp³-hybridized carbons (Fsp3) is 0.407. The summed E-state index contributed by atoms with van der Waals surface area (Å²) in [4.78, 5) is 31.4. The number of carbonyl (C=O) groups is 1. The number of rotatable bonds is 6. The molecule has 7 nitrogen and oxygen atoms in total. The van der Waals surface area contributed by atoms with Crippen LogP contribution in [-0.2, 0) is 29.0 Å². The zero-order valence-corrected chi connectivity index (χ0v) is 19.7. The lowest BCUT2D eigenvalue weighted by Gasteiger charge is -2.36. The molecule has 0 saturated carbocycles. The Hall–Kier alpha value is -3.32. The van der Waals surface area contributed by atoms with Crippen LogP contribution < -0.4 is 4.90 Å². The van der Waals surface area contributed by atoms with E-state index in [1.165, 1.54) is 11.1 Å². The average Bonchev–Trinajstić information content (AvgIpc) is 2.89. The third-order valence-electron chi connectivity index (χ3n) is 6.69. The number of aromatic nitrogens is 3. The molecule has 1 aromatic carbocycles. The summed E-state index contributed by atoms with van der Waals surface area (Å²) < 4.78 is 5.27. The maximum absolute atomic E-state index is 12.3. The summed E-state index contributed by atoms with van der Waals surface area (Å²) in [5.74, 6) is 1.70. The zero-order valence-electron chi connectivity index (χ0n) is 19.7. The largest absolute Gasteiger partial charge is 0.466 e. The van der Waals surface area contributed by atoms with E-state index in [-0.39, 0.29) is 11.9 Å². The van der Waals surface area contributed by atoms with Gasteiger partial charge in [-0.1, -0.05) is 36.4 Å². The van der Waals surface area contributed by atoms with Crippen LogP contribution in [0.2, 0.25) is 0 Å². The van der Waals surface area contributed by atoms with Crippen molar-refractivity contribution >= 4 is 11.8 Å². The van der Waals surface area contributed by atoms with Gasteiger partial charge in [-0.3, -0.25) is 14.7 Å². The predicted molar refractivity (Wildman–Crippen MR) is 131 cm³/mol. The second-order valence-electron chi connectivity index (χ2n) is 9.00. The molecule has 0 unspecified atom stereocenters. The van der Waals surface area contributed by atoms with Crippen LogP contribution in [0.1, 0.15) is 36.6 Å². The highest BCUT2D eigenvalue weighted by molar-refractivity contribution is 5.73. The Bertz CT molecular complexity index is 1110. The second kappa shape index (κ2) is 10.3. The standard InChI is InChI=1S/C27H31N5O2/c1-2-34-27(33)22-10-15-32(16-11-22)26-23-19-31(18-20-7-6-13-28-17-20)14-12-24(23)29-25(30-26)21-8-4-3-5-9-21/h3-9,13,17,22H,2,10-12,14-16,18-19H2,1H3. The highest BCUT2D eigenvalue weighted by atomic mass is 16.5. The van der Waals surface area contributed by atoms with Crippen molar-refractivity contribution in [3.63, 3.8) is 0 Å². The normalized spacial score (nSPS) is 16.8. The number of piperidine rings is 1. The van der Waals surface area contributed by atoms with Crippen LogP contribution in [0.3, 0.4) is 0 Å². The lowest BCUT2D eigenvalue weighted by atomic mass is 9.96. The number of ether oxygens (including phenoxy) is 1. The number of anilines is 1. The smallest absolute Gasteiger partial charge is 0.309 e. The Kier molecular flexibility index (Phi) is 6.81. The Morgan fingerprint density at radius 2 is 1.88 bits per heavy atom. The molecule has 0 spiro atoms. The molecule has 0 atom stereocenters. The molecule has 1 saturated heterocycles. The summed E-state index contributed by atoms with van der Waals surface area (Å²) in [6.45, 7) is 6.52. The van der Waals surface area contributed by atoms with E-state index in [1.807, 2.05) is 43.6 Å². The Morgan fingerprint density at radius 3 is 2.62 bits per heavy atom. The SMILES string of the molecule is CCOC(=O)C1CCN(c2nc(-c3ccccc3)nc3c2CN(Cc2cccnc2)CC3)CC1. The van der Waals surface area contributed by atoms with Gasteiger partial charge in [0.2, 0.25) is 0 Å². The lowest BCUT2D eigenvalue weighted by molar-refractivity contribution is -0.148. The van der Waals surface area contributed by atoms with Crippen molar-refractivity contribution in [3.05, 3.63) is 71.7 Å². The molecule has 1 fully saturated rings. The first-order valence-electron chi connectivity index (χ1n) is 12.2. The number of benzene rings is 1. The first kappa shape index (κ1) is 22.5. The Labute approximate surface area is 200 Å². The van der Waals surface area contributed by atoms with Crippen molar-refractivity contribution in [2.75, 3.05) is 31.1 Å². The third kappa shape index (κ3) is 4.94. The van der Waals surface area contributed by atoms with E-state index in [2.05, 4.69) is 33.0 Å². The fourth-order valence-corrected chi connectivity index (χ4v) is 4.90. The van der Waals surface area contributed by atoms with Gasteiger partial charge in [0, 0.05) is 62.7 Å². The molecule has 2 aromatic heterocycles. The van der Waals surface area contributed by atoms with Crippen LogP contribution in [-0.4, -0.2) is 52.1 Å². The monoisotopic (exact) mass is 457 g/mol. The first-order valence-corrected chi connectivity index (χ1v) is 12.2. The van der Waals surface area contributed by atoms with Crippen LogP contribution in [0.25, 0.3) is 11.4 Å². The molecule has 0 radical (unpaired) electrons. The predicted octanol–water partition coefficient (Wildman–Crippen LogP) is 3.88. The second-order valence-corrected chi connectivity index (χ2v) is 9.00. The van der Waals surface area contributed by atoms with Gasteiger partial charge in [-0.05, 0) is 31.4 Å². The maximum Gasteiger partial charge on any atom is 0.309 e. The van der Waals surface area contributed by atoms with Crippen LogP contribution >= 0.6 is 0 Å². The number of pyridine rings is 1. The molecule has 5 rings (SSSR count). The van der Waals surface area contributed by atoms with Crippen LogP contribution in [0, 0.1) is 5.92 Å². The third-order valence-corrected chi connectivity index (χ3v) is 6.69. The van der Waals surface area contributed by atoms with Gasteiger partial charge in [0.15, 0.2) is 5.82 Å². The number of carbonyl (C=O) groups excluding carboxylic acids is 1. The number of hydrogen-bond acceptors (Lipinski definition) is 7. The maximum atomic E-state index is 12.3. The summed E-state index contributed by atoms with van der Waals surface area (Å²) in [5, 5.41) is 0. The summed E-state index contributed by atoms with van der Waals surface area (Å²) in [5.41, 5.74) is 4.60. The number of nitrogens with zero attached hydrogens (tertiary/aromatic N) is 5. The minimum Gasteiger partial charge on any atom is -0.466 e. The summed E-state index contributed by atoms with van der Waals surface area (Å²) >= 11 is 0. The van der Waals surface area contributed by atoms with Gasteiger partial charge in [0.05, 0.1) is 18.2 Å². The fourth-order valence-electron chi connectivity index (χ4n) is 4.90. The van der Waals surface area contributed by atoms with Gasteiger partial charge in [-0.15, -0.1) is 0 Å². The van der Waals surface area contributed by atoms with E-state index in [4.69, 9.17) is 14.7 Å². The molecule has 0 bridgehead atoms. The molecule has 176 valence electrons. The molecule has 0 N–H and O–H groups in total. The topological polar surface area (TPSA) is 71.5 Å². The number of esters is 1. The van der Waals surface area contributed by atoms with Gasteiger partial charge in [0.25, 0.3) is 0 Å². The van der Waals surface area contributed by atoms with Gasteiger partial charge >= 0.3 is 5.97 Å². The van der Waals surface area contributed by atoms with E-state index in [1.54, 1.807) is 0 Å². The van der Waals surface area contributed by atoms with E-state index in [0.29, 0.717) is 6.61 Å². The van der Waals surface area contributed by atoms with Crippen molar-refractivity contribution in [1.82, 2.24) is 19.9 Å². The van der Waals surface area contributed by atoms with Crippen molar-refractivity contribution in [3.8, 4) is 11.4 Å². The lowest BCUT2D eigenvalue weighted by Crippen LogP contribution is -2.40. The van der Waals surface area contributed by atoms with E-state index in [9.17, 15) is 4.79 Å². The van der Waals surface area contributed by atoms with Crippen molar-refractivity contribution in [1.29, 1.82) is 0 Å². The van der Waals surface area contributed by atoms with Crippen LogP contribution in [0.5, 0.6) is 0 Å². The zero-order chi connectivity index (χ0) is 23.3. The Balaban J connectivity index is 1.43. The highest BCUT2D eigenvalue weighted by Crippen LogP contribution is 2.32. The van der Waals surface area contributed by atoms with E-state index >= 15 is 0 Å². The summed E-state index contributed by atoms with van der Waals surface area (Å²) in [7, 11) is 0. The van der Waals surface area contributed by atoms with Gasteiger partial charge < -0.3 is 9.64 Å². The molecular formula is C27H31N5O2. The minimum atomic E-state index is -0.0699. The van der Waals surface area contributed by atoms with E-state index in [0.717, 1.165) is 74.9 Å².